The first-order valence-electron chi connectivity index (χ1n) is 4.95. The summed E-state index contributed by atoms with van der Waals surface area (Å²) in [6, 6.07) is 7.07. The molecule has 17 heavy (non-hydrogen) atoms. The zero-order valence-electron chi connectivity index (χ0n) is 9.09. The Labute approximate surface area is 103 Å². The number of hydrogen-bond acceptors (Lipinski definition) is 3. The number of carboxylic acid groups (broad SMARTS) is 1. The third-order valence-electron chi connectivity index (χ3n) is 2.24. The second kappa shape index (κ2) is 4.55. The molecule has 0 fully saturated rings. The van der Waals surface area contributed by atoms with Crippen LogP contribution >= 0.6 is 11.6 Å². The van der Waals surface area contributed by atoms with Crippen molar-refractivity contribution < 1.29 is 9.90 Å². The van der Waals surface area contributed by atoms with Crippen molar-refractivity contribution in [2.75, 3.05) is 0 Å². The molecule has 88 valence electrons. The van der Waals surface area contributed by atoms with Crippen molar-refractivity contribution in [3.05, 3.63) is 35.1 Å². The molecule has 0 aliphatic carbocycles. The normalized spacial score (nSPS) is 10.5. The van der Waals surface area contributed by atoms with Crippen LogP contribution in [0.15, 0.2) is 24.3 Å². The lowest BCUT2D eigenvalue weighted by atomic mass is 10.2. The van der Waals surface area contributed by atoms with Crippen molar-refractivity contribution in [3.63, 3.8) is 0 Å². The average molecular weight is 252 g/mol. The van der Waals surface area contributed by atoms with E-state index in [2.05, 4.69) is 10.1 Å². The predicted octanol–water partition coefficient (Wildman–Crippen LogP) is 1.99. The van der Waals surface area contributed by atoms with E-state index in [9.17, 15) is 4.79 Å². The van der Waals surface area contributed by atoms with Gasteiger partial charge in [0.2, 0.25) is 0 Å². The molecule has 6 heteroatoms. The van der Waals surface area contributed by atoms with Gasteiger partial charge in [-0.1, -0.05) is 11.6 Å². The number of halogens is 1. The Bertz CT molecular complexity index is 548. The maximum absolute atomic E-state index is 10.6. The number of aromatic nitrogens is 3. The molecule has 0 saturated heterocycles. The van der Waals surface area contributed by atoms with Crippen LogP contribution in [-0.2, 0) is 11.3 Å². The van der Waals surface area contributed by atoms with Crippen molar-refractivity contribution in [1.82, 2.24) is 14.8 Å². The predicted molar refractivity (Wildman–Crippen MR) is 62.8 cm³/mol. The van der Waals surface area contributed by atoms with Gasteiger partial charge in [0.05, 0.1) is 0 Å². The smallest absolute Gasteiger partial charge is 0.325 e. The van der Waals surface area contributed by atoms with Crippen LogP contribution in [0.2, 0.25) is 5.02 Å². The van der Waals surface area contributed by atoms with Crippen molar-refractivity contribution in [1.29, 1.82) is 0 Å². The van der Waals surface area contributed by atoms with Crippen LogP contribution in [0.25, 0.3) is 11.4 Å². The minimum atomic E-state index is -0.944. The van der Waals surface area contributed by atoms with Gasteiger partial charge in [0.1, 0.15) is 12.4 Å². The monoisotopic (exact) mass is 251 g/mol. The maximum atomic E-state index is 10.6. The first-order chi connectivity index (χ1) is 8.06. The van der Waals surface area contributed by atoms with Gasteiger partial charge in [-0.05, 0) is 31.2 Å². The van der Waals surface area contributed by atoms with Crippen LogP contribution in [0.3, 0.4) is 0 Å². The standard InChI is InChI=1S/C11H10ClN3O2/c1-7-13-11(14-15(7)6-10(16)17)8-2-4-9(12)5-3-8/h2-5H,6H2,1H3,(H,16,17). The third kappa shape index (κ3) is 2.62. The van der Waals surface area contributed by atoms with E-state index in [4.69, 9.17) is 16.7 Å². The van der Waals surface area contributed by atoms with Crippen LogP contribution in [0.4, 0.5) is 0 Å². The minimum absolute atomic E-state index is 0.188. The Kier molecular flexibility index (Phi) is 3.10. The van der Waals surface area contributed by atoms with Gasteiger partial charge in [-0.25, -0.2) is 9.67 Å². The first kappa shape index (κ1) is 11.6. The van der Waals surface area contributed by atoms with Crippen molar-refractivity contribution in [2.24, 2.45) is 0 Å². The van der Waals surface area contributed by atoms with Gasteiger partial charge in [0.25, 0.3) is 0 Å². The summed E-state index contributed by atoms with van der Waals surface area (Å²) in [4.78, 5) is 14.8. The lowest BCUT2D eigenvalue weighted by molar-refractivity contribution is -0.137. The summed E-state index contributed by atoms with van der Waals surface area (Å²) in [7, 11) is 0. The van der Waals surface area contributed by atoms with E-state index in [1.807, 2.05) is 0 Å². The zero-order valence-corrected chi connectivity index (χ0v) is 9.85. The van der Waals surface area contributed by atoms with E-state index in [0.717, 1.165) is 5.56 Å². The Morgan fingerprint density at radius 3 is 2.65 bits per heavy atom. The third-order valence-corrected chi connectivity index (χ3v) is 2.50. The van der Waals surface area contributed by atoms with Gasteiger partial charge in [-0.15, -0.1) is 0 Å². The van der Waals surface area contributed by atoms with E-state index >= 15 is 0 Å². The quantitative estimate of drug-likeness (QED) is 0.906. The highest BCUT2D eigenvalue weighted by Crippen LogP contribution is 2.18. The molecule has 0 radical (unpaired) electrons. The molecular formula is C11H10ClN3O2. The SMILES string of the molecule is Cc1nc(-c2ccc(Cl)cc2)nn1CC(=O)O. The molecule has 0 amide bonds. The Morgan fingerprint density at radius 2 is 2.06 bits per heavy atom. The molecule has 1 heterocycles. The van der Waals surface area contributed by atoms with Gasteiger partial charge in [-0.2, -0.15) is 5.10 Å². The largest absolute Gasteiger partial charge is 0.480 e. The lowest BCUT2D eigenvalue weighted by Gasteiger charge is -1.96. The number of hydrogen-bond donors (Lipinski definition) is 1. The van der Waals surface area contributed by atoms with Gasteiger partial charge in [-0.3, -0.25) is 4.79 Å². The van der Waals surface area contributed by atoms with E-state index in [1.54, 1.807) is 31.2 Å². The number of carbonyl (C=O) groups is 1. The second-order valence-electron chi connectivity index (χ2n) is 3.54. The highest BCUT2D eigenvalue weighted by atomic mass is 35.5. The first-order valence-corrected chi connectivity index (χ1v) is 5.33. The number of rotatable bonds is 3. The molecule has 0 unspecified atom stereocenters. The van der Waals surface area contributed by atoms with Crippen molar-refractivity contribution >= 4 is 17.6 Å². The van der Waals surface area contributed by atoms with E-state index in [0.29, 0.717) is 16.7 Å². The summed E-state index contributed by atoms with van der Waals surface area (Å²) < 4.78 is 1.35. The second-order valence-corrected chi connectivity index (χ2v) is 3.98. The summed E-state index contributed by atoms with van der Waals surface area (Å²) in [6.07, 6.45) is 0. The molecule has 2 rings (SSSR count). The summed E-state index contributed by atoms with van der Waals surface area (Å²) in [6.45, 7) is 1.53. The molecule has 0 bridgehead atoms. The van der Waals surface area contributed by atoms with Gasteiger partial charge in [0.15, 0.2) is 5.82 Å². The summed E-state index contributed by atoms with van der Waals surface area (Å²) in [5.74, 6) is 0.124. The number of aliphatic carboxylic acids is 1. The van der Waals surface area contributed by atoms with Gasteiger partial charge < -0.3 is 5.11 Å². The molecule has 0 aliphatic heterocycles. The molecule has 1 N–H and O–H groups in total. The Hall–Kier alpha value is -1.88. The van der Waals surface area contributed by atoms with E-state index in [-0.39, 0.29) is 6.54 Å². The zero-order chi connectivity index (χ0) is 12.4. The molecule has 1 aromatic carbocycles. The van der Waals surface area contributed by atoms with Crippen LogP contribution in [0, 0.1) is 6.92 Å². The molecule has 2 aromatic rings. The molecule has 5 nitrogen and oxygen atoms in total. The number of nitrogens with zero attached hydrogens (tertiary/aromatic N) is 3. The van der Waals surface area contributed by atoms with Crippen molar-refractivity contribution in [2.45, 2.75) is 13.5 Å². The highest BCUT2D eigenvalue weighted by Gasteiger charge is 2.10. The number of carboxylic acids is 1. The highest BCUT2D eigenvalue weighted by molar-refractivity contribution is 6.30. The number of benzene rings is 1. The Morgan fingerprint density at radius 1 is 1.41 bits per heavy atom. The summed E-state index contributed by atoms with van der Waals surface area (Å²) >= 11 is 5.78. The van der Waals surface area contributed by atoms with Crippen LogP contribution in [0.1, 0.15) is 5.82 Å². The van der Waals surface area contributed by atoms with E-state index in [1.165, 1.54) is 4.68 Å². The van der Waals surface area contributed by atoms with Crippen LogP contribution in [0.5, 0.6) is 0 Å². The van der Waals surface area contributed by atoms with Crippen LogP contribution < -0.4 is 0 Å². The summed E-state index contributed by atoms with van der Waals surface area (Å²) in [5, 5.41) is 13.5. The average Bonchev–Trinajstić information content (AvgIpc) is 2.60. The van der Waals surface area contributed by atoms with Crippen LogP contribution in [-0.4, -0.2) is 25.8 Å². The fourth-order valence-corrected chi connectivity index (χ4v) is 1.55. The molecule has 0 aliphatic rings. The van der Waals surface area contributed by atoms with E-state index < -0.39 is 5.97 Å². The number of aryl methyl sites for hydroxylation is 1. The topological polar surface area (TPSA) is 68.0 Å². The Balaban J connectivity index is 2.34. The maximum Gasteiger partial charge on any atom is 0.325 e. The molecular weight excluding hydrogens is 242 g/mol. The van der Waals surface area contributed by atoms with Gasteiger partial charge in [0, 0.05) is 10.6 Å². The van der Waals surface area contributed by atoms with Gasteiger partial charge >= 0.3 is 5.97 Å². The molecule has 0 atom stereocenters. The fraction of sp³-hybridized carbons (Fsp3) is 0.182. The van der Waals surface area contributed by atoms with Crippen molar-refractivity contribution in [3.8, 4) is 11.4 Å². The molecule has 0 saturated carbocycles. The minimum Gasteiger partial charge on any atom is -0.480 e. The lowest BCUT2D eigenvalue weighted by Crippen LogP contribution is -2.11. The molecule has 0 spiro atoms. The molecule has 1 aromatic heterocycles. The fourth-order valence-electron chi connectivity index (χ4n) is 1.42. The summed E-state index contributed by atoms with van der Waals surface area (Å²) in [5.41, 5.74) is 0.807.